The van der Waals surface area contributed by atoms with Gasteiger partial charge in [0.15, 0.2) is 0 Å². The lowest BCUT2D eigenvalue weighted by atomic mass is 10.1. The molecule has 31 heavy (non-hydrogen) atoms. The molecule has 4 aromatic rings. The molecule has 0 spiro atoms. The molecule has 1 unspecified atom stereocenters. The van der Waals surface area contributed by atoms with Crippen molar-refractivity contribution in [1.82, 2.24) is 19.1 Å². The molecule has 2 aromatic heterocycles. The monoisotopic (exact) mass is 473 g/mol. The smallest absolute Gasteiger partial charge is 0.283 e. The van der Waals surface area contributed by atoms with Gasteiger partial charge in [0.2, 0.25) is 5.91 Å². The Balaban J connectivity index is 1.37. The summed E-state index contributed by atoms with van der Waals surface area (Å²) < 4.78 is 27.8. The average molecular weight is 474 g/mol. The van der Waals surface area contributed by atoms with Gasteiger partial charge in [-0.1, -0.05) is 29.8 Å². The molecule has 1 amide bonds. The van der Waals surface area contributed by atoms with E-state index in [1.54, 1.807) is 46.8 Å². The number of aromatic nitrogens is 3. The van der Waals surface area contributed by atoms with Crippen LogP contribution in [0.1, 0.15) is 22.9 Å². The van der Waals surface area contributed by atoms with Crippen LogP contribution < -0.4 is 5.73 Å². The zero-order valence-electron chi connectivity index (χ0n) is 16.0. The van der Waals surface area contributed by atoms with E-state index in [0.29, 0.717) is 21.8 Å². The molecule has 5 rings (SSSR count). The molecule has 0 bridgehead atoms. The number of hydrogen-bond donors (Lipinski definition) is 1. The van der Waals surface area contributed by atoms with Crippen molar-refractivity contribution in [3.63, 3.8) is 0 Å². The second-order valence-corrected chi connectivity index (χ2v) is 10.2. The molecule has 2 N–H and O–H groups in total. The highest BCUT2D eigenvalue weighted by molar-refractivity contribution is 7.89. The molecule has 0 aliphatic carbocycles. The van der Waals surface area contributed by atoms with Crippen LogP contribution in [0.2, 0.25) is 5.02 Å². The molecule has 2 aromatic carbocycles. The first kappa shape index (κ1) is 20.1. The Morgan fingerprint density at radius 3 is 2.77 bits per heavy atom. The van der Waals surface area contributed by atoms with Crippen molar-refractivity contribution < 1.29 is 13.2 Å². The van der Waals surface area contributed by atoms with Gasteiger partial charge < -0.3 is 10.6 Å². The van der Waals surface area contributed by atoms with Gasteiger partial charge in [-0.2, -0.15) is 17.6 Å². The van der Waals surface area contributed by atoms with Crippen molar-refractivity contribution in [3.05, 3.63) is 76.0 Å². The highest BCUT2D eigenvalue weighted by atomic mass is 35.5. The maximum absolute atomic E-state index is 13.0. The molecular weight excluding hydrogens is 458 g/mol. The number of fused-ring (bicyclic) bond motifs is 2. The lowest BCUT2D eigenvalue weighted by Crippen LogP contribution is -2.35. The summed E-state index contributed by atoms with van der Waals surface area (Å²) in [6, 6.07) is 10.8. The summed E-state index contributed by atoms with van der Waals surface area (Å²) in [5.41, 5.74) is 10.3. The van der Waals surface area contributed by atoms with Crippen LogP contribution in [0.25, 0.3) is 10.2 Å². The van der Waals surface area contributed by atoms with Gasteiger partial charge in [-0.3, -0.25) is 4.79 Å². The highest BCUT2D eigenvalue weighted by Gasteiger charge is 2.32. The third-order valence-corrected chi connectivity index (χ3v) is 7.89. The summed E-state index contributed by atoms with van der Waals surface area (Å²) in [4.78, 5) is 18.7. The number of hydrogen-bond acceptors (Lipinski definition) is 7. The van der Waals surface area contributed by atoms with Crippen LogP contribution >= 0.6 is 22.9 Å². The van der Waals surface area contributed by atoms with Gasteiger partial charge in [0, 0.05) is 23.3 Å². The van der Waals surface area contributed by atoms with Crippen molar-refractivity contribution in [2.75, 3.05) is 0 Å². The highest BCUT2D eigenvalue weighted by Crippen LogP contribution is 2.29. The number of benzene rings is 2. The van der Waals surface area contributed by atoms with E-state index in [1.165, 1.54) is 23.6 Å². The first-order valence-electron chi connectivity index (χ1n) is 9.29. The lowest BCUT2D eigenvalue weighted by molar-refractivity contribution is -0.133. The number of thiazole rings is 1. The standard InChI is InChI=1S/C20H16ClN5O3S2/c21-15-4-2-1-3-14(15)19(22)20(27)25-8-12-9-26(24-17(12)10-25)31(28,29)13-5-6-16-18(7-13)30-11-23-16/h1-7,9,11,19H,8,10,22H2. The molecule has 1 atom stereocenters. The first-order chi connectivity index (χ1) is 14.8. The maximum Gasteiger partial charge on any atom is 0.283 e. The third-order valence-electron chi connectivity index (χ3n) is 5.22. The topological polar surface area (TPSA) is 111 Å². The van der Waals surface area contributed by atoms with E-state index in [9.17, 15) is 13.2 Å². The zero-order chi connectivity index (χ0) is 21.8. The van der Waals surface area contributed by atoms with Crippen LogP contribution in [-0.2, 0) is 27.9 Å². The molecular formula is C20H16ClN5O3S2. The van der Waals surface area contributed by atoms with Crippen LogP contribution in [0.4, 0.5) is 0 Å². The van der Waals surface area contributed by atoms with E-state index in [1.807, 2.05) is 0 Å². The van der Waals surface area contributed by atoms with Crippen molar-refractivity contribution in [3.8, 4) is 0 Å². The third kappa shape index (κ3) is 3.41. The van der Waals surface area contributed by atoms with Gasteiger partial charge in [0.1, 0.15) is 6.04 Å². The van der Waals surface area contributed by atoms with Crippen LogP contribution in [-0.4, -0.2) is 33.4 Å². The normalized spacial score (nSPS) is 14.7. The van der Waals surface area contributed by atoms with Crippen LogP contribution in [0.5, 0.6) is 0 Å². The summed E-state index contributed by atoms with van der Waals surface area (Å²) in [5.74, 6) is -0.295. The van der Waals surface area contributed by atoms with Crippen molar-refractivity contribution >= 4 is 49.1 Å². The molecule has 0 saturated carbocycles. The molecule has 1 aliphatic heterocycles. The van der Waals surface area contributed by atoms with Gasteiger partial charge in [0.25, 0.3) is 10.0 Å². The predicted molar refractivity (Wildman–Crippen MR) is 117 cm³/mol. The molecule has 3 heterocycles. The molecule has 0 fully saturated rings. The Morgan fingerprint density at radius 1 is 1.19 bits per heavy atom. The summed E-state index contributed by atoms with van der Waals surface area (Å²) in [5, 5.41) is 4.67. The van der Waals surface area contributed by atoms with Crippen LogP contribution in [0, 0.1) is 0 Å². The Morgan fingerprint density at radius 2 is 2.00 bits per heavy atom. The number of carbonyl (C=O) groups is 1. The fourth-order valence-corrected chi connectivity index (χ4v) is 5.81. The largest absolute Gasteiger partial charge is 0.331 e. The van der Waals surface area contributed by atoms with E-state index >= 15 is 0 Å². The van der Waals surface area contributed by atoms with Crippen molar-refractivity contribution in [2.45, 2.75) is 24.0 Å². The minimum atomic E-state index is -3.85. The second kappa shape index (κ2) is 7.41. The van der Waals surface area contributed by atoms with Crippen molar-refractivity contribution in [1.29, 1.82) is 0 Å². The average Bonchev–Trinajstić information content (AvgIpc) is 3.47. The number of nitrogens with two attached hydrogens (primary N) is 1. The molecule has 0 radical (unpaired) electrons. The van der Waals surface area contributed by atoms with Gasteiger partial charge in [0.05, 0.1) is 32.9 Å². The fourth-order valence-electron chi connectivity index (χ4n) is 3.57. The van der Waals surface area contributed by atoms with E-state index in [2.05, 4.69) is 10.1 Å². The Labute approximate surface area is 186 Å². The van der Waals surface area contributed by atoms with Gasteiger partial charge >= 0.3 is 0 Å². The molecule has 158 valence electrons. The Bertz CT molecular complexity index is 1410. The minimum Gasteiger partial charge on any atom is -0.331 e. The minimum absolute atomic E-state index is 0.138. The summed E-state index contributed by atoms with van der Waals surface area (Å²) in [6.07, 6.45) is 1.45. The Kier molecular flexibility index (Phi) is 4.82. The van der Waals surface area contributed by atoms with Gasteiger partial charge in [-0.15, -0.1) is 11.3 Å². The zero-order valence-corrected chi connectivity index (χ0v) is 18.4. The quantitative estimate of drug-likeness (QED) is 0.487. The SMILES string of the molecule is NC(C(=O)N1Cc2cn(S(=O)(=O)c3ccc4ncsc4c3)nc2C1)c1ccccc1Cl. The molecule has 0 saturated heterocycles. The van der Waals surface area contributed by atoms with Gasteiger partial charge in [-0.25, -0.2) is 4.98 Å². The summed E-state index contributed by atoms with van der Waals surface area (Å²) >= 11 is 7.53. The fraction of sp³-hybridized carbons (Fsp3) is 0.150. The lowest BCUT2D eigenvalue weighted by Gasteiger charge is -2.21. The van der Waals surface area contributed by atoms with E-state index in [-0.39, 0.29) is 23.9 Å². The number of nitrogens with zero attached hydrogens (tertiary/aromatic N) is 4. The summed E-state index contributed by atoms with van der Waals surface area (Å²) in [6.45, 7) is 0.415. The predicted octanol–water partition coefficient (Wildman–Crippen LogP) is 2.93. The number of rotatable bonds is 4. The molecule has 8 nitrogen and oxygen atoms in total. The van der Waals surface area contributed by atoms with Crippen molar-refractivity contribution in [2.24, 2.45) is 5.73 Å². The second-order valence-electron chi connectivity index (χ2n) is 7.15. The number of carbonyl (C=O) groups excluding carboxylic acids is 1. The number of halogens is 1. The molecule has 11 heteroatoms. The van der Waals surface area contributed by atoms with Crippen LogP contribution in [0.15, 0.2) is 59.1 Å². The molecule has 1 aliphatic rings. The van der Waals surface area contributed by atoms with Crippen LogP contribution in [0.3, 0.4) is 0 Å². The van der Waals surface area contributed by atoms with E-state index in [0.717, 1.165) is 14.3 Å². The number of amides is 1. The maximum atomic E-state index is 13.0. The van der Waals surface area contributed by atoms with E-state index < -0.39 is 16.1 Å². The van der Waals surface area contributed by atoms with E-state index in [4.69, 9.17) is 17.3 Å². The van der Waals surface area contributed by atoms with Gasteiger partial charge in [-0.05, 0) is 29.8 Å². The summed E-state index contributed by atoms with van der Waals surface area (Å²) in [7, 11) is -3.85. The Hall–Kier alpha value is -2.79. The first-order valence-corrected chi connectivity index (χ1v) is 12.0.